The van der Waals surface area contributed by atoms with Gasteiger partial charge in [0.05, 0.1) is 11.5 Å². The molecule has 1 aromatic rings. The van der Waals surface area contributed by atoms with Crippen molar-refractivity contribution in [2.75, 3.05) is 13.2 Å². The Labute approximate surface area is 119 Å². The molecule has 1 saturated carbocycles. The highest BCUT2D eigenvalue weighted by atomic mass is 35.5. The molecule has 0 aromatic heterocycles. The molecule has 0 aliphatic heterocycles. The molecular formula is C13H18ClNO3S. The quantitative estimate of drug-likeness (QED) is 0.908. The highest BCUT2D eigenvalue weighted by molar-refractivity contribution is 7.89. The molecule has 1 aliphatic rings. The van der Waals surface area contributed by atoms with E-state index in [1.165, 1.54) is 16.4 Å². The first-order chi connectivity index (χ1) is 9.05. The molecule has 0 spiro atoms. The van der Waals surface area contributed by atoms with Crippen molar-refractivity contribution in [2.45, 2.75) is 36.6 Å². The van der Waals surface area contributed by atoms with Crippen molar-refractivity contribution in [3.05, 3.63) is 29.3 Å². The SMILES string of the molecule is O=S(=O)(c1ccc(Cl)cc1)N(CCO)C1CCCC1. The van der Waals surface area contributed by atoms with Crippen LogP contribution >= 0.6 is 11.6 Å². The normalized spacial score (nSPS) is 17.2. The van der Waals surface area contributed by atoms with Crippen LogP contribution in [0.2, 0.25) is 5.02 Å². The van der Waals surface area contributed by atoms with E-state index in [2.05, 4.69) is 0 Å². The lowest BCUT2D eigenvalue weighted by atomic mass is 10.2. The second-order valence-corrected chi connectivity index (χ2v) is 7.06. The van der Waals surface area contributed by atoms with Gasteiger partial charge >= 0.3 is 0 Å². The predicted octanol–water partition coefficient (Wildman–Crippen LogP) is 2.27. The largest absolute Gasteiger partial charge is 0.395 e. The molecule has 4 nitrogen and oxygen atoms in total. The summed E-state index contributed by atoms with van der Waals surface area (Å²) >= 11 is 5.78. The minimum atomic E-state index is -3.55. The lowest BCUT2D eigenvalue weighted by Gasteiger charge is -2.27. The maximum atomic E-state index is 12.6. The number of aliphatic hydroxyl groups excluding tert-OH is 1. The van der Waals surface area contributed by atoms with Gasteiger partial charge < -0.3 is 5.11 Å². The van der Waals surface area contributed by atoms with Gasteiger partial charge in [0.25, 0.3) is 0 Å². The van der Waals surface area contributed by atoms with Crippen LogP contribution in [0.25, 0.3) is 0 Å². The minimum Gasteiger partial charge on any atom is -0.395 e. The van der Waals surface area contributed by atoms with Gasteiger partial charge in [-0.3, -0.25) is 0 Å². The molecular weight excluding hydrogens is 286 g/mol. The average molecular weight is 304 g/mol. The number of hydrogen-bond acceptors (Lipinski definition) is 3. The number of nitrogens with zero attached hydrogens (tertiary/aromatic N) is 1. The van der Waals surface area contributed by atoms with Gasteiger partial charge in [-0.05, 0) is 37.1 Å². The van der Waals surface area contributed by atoms with Gasteiger partial charge in [0, 0.05) is 17.6 Å². The topological polar surface area (TPSA) is 57.6 Å². The van der Waals surface area contributed by atoms with Crippen molar-refractivity contribution in [2.24, 2.45) is 0 Å². The molecule has 0 heterocycles. The third-order valence-electron chi connectivity index (χ3n) is 3.47. The molecule has 0 bridgehead atoms. The third-order valence-corrected chi connectivity index (χ3v) is 5.69. The molecule has 1 aromatic carbocycles. The zero-order chi connectivity index (χ0) is 13.9. The van der Waals surface area contributed by atoms with Crippen molar-refractivity contribution in [1.29, 1.82) is 0 Å². The maximum Gasteiger partial charge on any atom is 0.243 e. The fraction of sp³-hybridized carbons (Fsp3) is 0.538. The summed E-state index contributed by atoms with van der Waals surface area (Å²) in [5.41, 5.74) is 0. The second-order valence-electron chi connectivity index (χ2n) is 4.73. The van der Waals surface area contributed by atoms with Crippen LogP contribution in [0, 0.1) is 0 Å². The van der Waals surface area contributed by atoms with Crippen LogP contribution in [-0.2, 0) is 10.0 Å². The smallest absolute Gasteiger partial charge is 0.243 e. The first-order valence-corrected chi connectivity index (χ1v) is 8.26. The van der Waals surface area contributed by atoms with E-state index in [4.69, 9.17) is 16.7 Å². The summed E-state index contributed by atoms with van der Waals surface area (Å²) in [6, 6.07) is 6.17. The van der Waals surface area contributed by atoms with Gasteiger partial charge in [-0.15, -0.1) is 0 Å². The van der Waals surface area contributed by atoms with E-state index < -0.39 is 10.0 Å². The standard InChI is InChI=1S/C13H18ClNO3S/c14-11-5-7-13(8-6-11)19(17,18)15(9-10-16)12-3-1-2-4-12/h5-8,12,16H,1-4,9-10H2. The van der Waals surface area contributed by atoms with Crippen molar-refractivity contribution < 1.29 is 13.5 Å². The predicted molar refractivity (Wildman–Crippen MR) is 74.7 cm³/mol. The van der Waals surface area contributed by atoms with E-state index in [-0.39, 0.29) is 24.1 Å². The molecule has 0 amide bonds. The Morgan fingerprint density at radius 2 is 1.79 bits per heavy atom. The highest BCUT2D eigenvalue weighted by Crippen LogP contribution is 2.28. The Morgan fingerprint density at radius 1 is 1.21 bits per heavy atom. The summed E-state index contributed by atoms with van der Waals surface area (Å²) in [4.78, 5) is 0.234. The van der Waals surface area contributed by atoms with E-state index in [0.717, 1.165) is 25.7 Å². The third kappa shape index (κ3) is 3.28. The van der Waals surface area contributed by atoms with Crippen molar-refractivity contribution >= 4 is 21.6 Å². The van der Waals surface area contributed by atoms with E-state index in [0.29, 0.717) is 5.02 Å². The Morgan fingerprint density at radius 3 is 2.32 bits per heavy atom. The van der Waals surface area contributed by atoms with Crippen LogP contribution in [0.4, 0.5) is 0 Å². The molecule has 2 rings (SSSR count). The molecule has 0 atom stereocenters. The number of rotatable bonds is 5. The van der Waals surface area contributed by atoms with Crippen LogP contribution in [0.3, 0.4) is 0 Å². The van der Waals surface area contributed by atoms with Crippen LogP contribution in [0.15, 0.2) is 29.2 Å². The molecule has 106 valence electrons. The fourth-order valence-corrected chi connectivity index (χ4v) is 4.33. The Kier molecular flexibility index (Phi) is 4.84. The molecule has 0 unspecified atom stereocenters. The molecule has 1 fully saturated rings. The lowest BCUT2D eigenvalue weighted by Crippen LogP contribution is -2.40. The second kappa shape index (κ2) is 6.22. The van der Waals surface area contributed by atoms with Crippen LogP contribution < -0.4 is 0 Å². The highest BCUT2D eigenvalue weighted by Gasteiger charge is 2.32. The first-order valence-electron chi connectivity index (χ1n) is 6.44. The fourth-order valence-electron chi connectivity index (χ4n) is 2.53. The van der Waals surface area contributed by atoms with Gasteiger partial charge in [-0.25, -0.2) is 8.42 Å². The molecule has 0 saturated heterocycles. The molecule has 1 aliphatic carbocycles. The first kappa shape index (κ1) is 14.8. The maximum absolute atomic E-state index is 12.6. The number of sulfonamides is 1. The number of hydrogen-bond donors (Lipinski definition) is 1. The zero-order valence-corrected chi connectivity index (χ0v) is 12.2. The van der Waals surface area contributed by atoms with Gasteiger partial charge in [0.15, 0.2) is 0 Å². The summed E-state index contributed by atoms with van der Waals surface area (Å²) in [6.07, 6.45) is 3.82. The van der Waals surface area contributed by atoms with Gasteiger partial charge in [0.1, 0.15) is 0 Å². The average Bonchev–Trinajstić information content (AvgIpc) is 2.89. The van der Waals surface area contributed by atoms with E-state index in [1.54, 1.807) is 12.1 Å². The van der Waals surface area contributed by atoms with Gasteiger partial charge in [0.2, 0.25) is 10.0 Å². The molecule has 0 radical (unpaired) electrons. The summed E-state index contributed by atoms with van der Waals surface area (Å²) in [6.45, 7) is -0.0149. The van der Waals surface area contributed by atoms with Gasteiger partial charge in [-0.2, -0.15) is 4.31 Å². The monoisotopic (exact) mass is 303 g/mol. The van der Waals surface area contributed by atoms with Crippen molar-refractivity contribution in [3.8, 4) is 0 Å². The van der Waals surface area contributed by atoms with E-state index in [1.807, 2.05) is 0 Å². The molecule has 6 heteroatoms. The number of aliphatic hydroxyl groups is 1. The Bertz CT molecular complexity index is 509. The van der Waals surface area contributed by atoms with Crippen LogP contribution in [0.1, 0.15) is 25.7 Å². The van der Waals surface area contributed by atoms with Gasteiger partial charge in [-0.1, -0.05) is 24.4 Å². The Balaban J connectivity index is 2.30. The summed E-state index contributed by atoms with van der Waals surface area (Å²) in [7, 11) is -3.55. The van der Waals surface area contributed by atoms with E-state index >= 15 is 0 Å². The summed E-state index contributed by atoms with van der Waals surface area (Å²) in [5, 5.41) is 9.63. The zero-order valence-electron chi connectivity index (χ0n) is 10.6. The van der Waals surface area contributed by atoms with Crippen molar-refractivity contribution in [1.82, 2.24) is 4.31 Å². The van der Waals surface area contributed by atoms with Crippen LogP contribution in [-0.4, -0.2) is 37.0 Å². The van der Waals surface area contributed by atoms with Crippen LogP contribution in [0.5, 0.6) is 0 Å². The minimum absolute atomic E-state index is 0.00725. The lowest BCUT2D eigenvalue weighted by molar-refractivity contribution is 0.226. The van der Waals surface area contributed by atoms with Crippen molar-refractivity contribution in [3.63, 3.8) is 0 Å². The molecule has 19 heavy (non-hydrogen) atoms. The van der Waals surface area contributed by atoms with E-state index in [9.17, 15) is 8.42 Å². The summed E-state index contributed by atoms with van der Waals surface area (Å²) in [5.74, 6) is 0. The molecule has 1 N–H and O–H groups in total. The Hall–Kier alpha value is -0.620. The summed E-state index contributed by atoms with van der Waals surface area (Å²) < 4.78 is 26.6. The number of benzene rings is 1. The number of halogens is 1.